The van der Waals surface area contributed by atoms with Crippen molar-refractivity contribution < 1.29 is 4.79 Å². The molecule has 34 heavy (non-hydrogen) atoms. The zero-order valence-electron chi connectivity index (χ0n) is 20.3. The molecule has 0 unspecified atom stereocenters. The highest BCUT2D eigenvalue weighted by Crippen LogP contribution is 2.34. The minimum absolute atomic E-state index is 0.429. The Bertz CT molecular complexity index is 1120. The number of hydrogen-bond acceptors (Lipinski definition) is 5. The van der Waals surface area contributed by atoms with Crippen LogP contribution < -0.4 is 5.73 Å². The Morgan fingerprint density at radius 1 is 1.15 bits per heavy atom. The zero-order chi connectivity index (χ0) is 24.3. The van der Waals surface area contributed by atoms with Crippen LogP contribution in [0.4, 0.5) is 5.69 Å². The first-order valence-electron chi connectivity index (χ1n) is 12.1. The van der Waals surface area contributed by atoms with Crippen molar-refractivity contribution in [3.05, 3.63) is 70.9 Å². The number of benzene rings is 2. The summed E-state index contributed by atoms with van der Waals surface area (Å²) in [6, 6.07) is 16.6. The molecule has 0 radical (unpaired) electrons. The third-order valence-corrected chi connectivity index (χ3v) is 5.88. The molecule has 0 saturated heterocycles. The highest BCUT2D eigenvalue weighted by atomic mass is 16.1. The summed E-state index contributed by atoms with van der Waals surface area (Å²) in [5.74, 6) is 0.596. The van der Waals surface area contributed by atoms with Gasteiger partial charge in [-0.3, -0.25) is 0 Å². The van der Waals surface area contributed by atoms with Crippen molar-refractivity contribution in [2.45, 2.75) is 52.4 Å². The van der Waals surface area contributed by atoms with Gasteiger partial charge < -0.3 is 15.4 Å². The molecule has 5 heteroatoms. The second-order valence-electron chi connectivity index (χ2n) is 8.54. The first-order valence-corrected chi connectivity index (χ1v) is 12.1. The number of fused-ring (bicyclic) bond motifs is 1. The Hall–Kier alpha value is -3.65. The van der Waals surface area contributed by atoms with Gasteiger partial charge in [0.05, 0.1) is 11.8 Å². The number of carbonyl (C=O) groups excluding carboxylic acids is 1. The molecule has 0 atom stereocenters. The van der Waals surface area contributed by atoms with Gasteiger partial charge in [-0.25, -0.2) is 4.99 Å². The topological polar surface area (TPSA) is 82.5 Å². The van der Waals surface area contributed by atoms with E-state index in [2.05, 4.69) is 55.2 Å². The Morgan fingerprint density at radius 2 is 1.91 bits per heavy atom. The van der Waals surface area contributed by atoms with Crippen LogP contribution in [-0.2, 0) is 11.2 Å². The van der Waals surface area contributed by atoms with Crippen LogP contribution in [0.5, 0.6) is 0 Å². The molecule has 0 saturated carbocycles. The van der Waals surface area contributed by atoms with Crippen LogP contribution >= 0.6 is 0 Å². The van der Waals surface area contributed by atoms with Crippen molar-refractivity contribution in [3.63, 3.8) is 0 Å². The zero-order valence-corrected chi connectivity index (χ0v) is 20.3. The van der Waals surface area contributed by atoms with E-state index in [1.807, 2.05) is 24.3 Å². The predicted octanol–water partition coefficient (Wildman–Crippen LogP) is 6.18. The van der Waals surface area contributed by atoms with E-state index in [1.54, 1.807) is 0 Å². The molecular weight excluding hydrogens is 420 g/mol. The molecule has 1 aliphatic rings. The van der Waals surface area contributed by atoms with Crippen LogP contribution in [0.1, 0.15) is 57.1 Å². The summed E-state index contributed by atoms with van der Waals surface area (Å²) in [5.41, 5.74) is 13.8. The fraction of sp³-hybridized carbons (Fsp3) is 0.345. The van der Waals surface area contributed by atoms with Gasteiger partial charge >= 0.3 is 0 Å². The number of aldehydes is 1. The summed E-state index contributed by atoms with van der Waals surface area (Å²) in [6.45, 7) is 6.13. The summed E-state index contributed by atoms with van der Waals surface area (Å²) in [5, 5.41) is 8.98. The molecule has 2 N–H and O–H groups in total. The second kappa shape index (κ2) is 12.6. The van der Waals surface area contributed by atoms with E-state index in [4.69, 9.17) is 16.0 Å². The third-order valence-electron chi connectivity index (χ3n) is 5.88. The van der Waals surface area contributed by atoms with Gasteiger partial charge in [0.1, 0.15) is 12.1 Å². The molecule has 5 nitrogen and oxygen atoms in total. The highest BCUT2D eigenvalue weighted by Gasteiger charge is 2.18. The molecule has 0 aliphatic carbocycles. The Labute approximate surface area is 203 Å². The summed E-state index contributed by atoms with van der Waals surface area (Å²) in [4.78, 5) is 17.9. The standard InChI is InChI=1S/C29H34N4O/c1-3-7-28(33(16-4-2)17-6-5-15-30)26-19-25-13-12-24(20-27(25)32-29(31)21-26)23-10-8-22(9-11-23)14-18-34/h7-13,18-20H,3-6,14,16-17,21H2,1-2H3,(H2,31,32)/b28-7+. The predicted molar refractivity (Wildman–Crippen MR) is 141 cm³/mol. The average molecular weight is 455 g/mol. The van der Waals surface area contributed by atoms with Crippen molar-refractivity contribution in [2.75, 3.05) is 13.1 Å². The largest absolute Gasteiger partial charge is 0.387 e. The highest BCUT2D eigenvalue weighted by molar-refractivity contribution is 5.92. The van der Waals surface area contributed by atoms with Crippen LogP contribution in [0, 0.1) is 11.3 Å². The number of allylic oxidation sites excluding steroid dienone is 2. The minimum Gasteiger partial charge on any atom is -0.387 e. The van der Waals surface area contributed by atoms with Crippen LogP contribution in [0.15, 0.2) is 64.8 Å². The number of nitriles is 1. The number of aliphatic imine (C=N–C) groups is 1. The van der Waals surface area contributed by atoms with Crippen LogP contribution in [-0.4, -0.2) is 30.1 Å². The molecule has 2 aromatic rings. The van der Waals surface area contributed by atoms with E-state index < -0.39 is 0 Å². The minimum atomic E-state index is 0.429. The molecule has 0 spiro atoms. The van der Waals surface area contributed by atoms with Crippen LogP contribution in [0.25, 0.3) is 17.2 Å². The quantitative estimate of drug-likeness (QED) is 0.325. The molecule has 0 amide bonds. The molecular formula is C29H34N4O. The molecule has 0 bridgehead atoms. The molecule has 0 fully saturated rings. The van der Waals surface area contributed by atoms with Crippen molar-refractivity contribution in [1.82, 2.24) is 4.90 Å². The number of nitrogens with zero attached hydrogens (tertiary/aromatic N) is 3. The average Bonchev–Trinajstić information content (AvgIpc) is 3.00. The van der Waals surface area contributed by atoms with Gasteiger partial charge in [0.2, 0.25) is 0 Å². The second-order valence-corrected chi connectivity index (χ2v) is 8.54. The fourth-order valence-corrected chi connectivity index (χ4v) is 4.29. The Morgan fingerprint density at radius 3 is 2.59 bits per heavy atom. The Balaban J connectivity index is 1.96. The van der Waals surface area contributed by atoms with Gasteiger partial charge in [-0.15, -0.1) is 0 Å². The smallest absolute Gasteiger partial charge is 0.124 e. The van der Waals surface area contributed by atoms with E-state index in [0.29, 0.717) is 25.1 Å². The SMILES string of the molecule is CC/C=C(\C1=Cc2ccc(-c3ccc(CC=O)cc3)cc2N=C(N)C1)N(CCC)CCCC#N. The van der Waals surface area contributed by atoms with Crippen molar-refractivity contribution >= 4 is 23.9 Å². The summed E-state index contributed by atoms with van der Waals surface area (Å²) >= 11 is 0. The number of carbonyl (C=O) groups is 1. The number of nitrogens with two attached hydrogens (primary N) is 1. The van der Waals surface area contributed by atoms with Crippen LogP contribution in [0.3, 0.4) is 0 Å². The summed E-state index contributed by atoms with van der Waals surface area (Å²) in [7, 11) is 0. The molecule has 1 aliphatic heterocycles. The van der Waals surface area contributed by atoms with Gasteiger partial charge in [0.15, 0.2) is 0 Å². The fourth-order valence-electron chi connectivity index (χ4n) is 4.29. The van der Waals surface area contributed by atoms with Gasteiger partial charge in [-0.2, -0.15) is 5.26 Å². The van der Waals surface area contributed by atoms with E-state index in [1.165, 1.54) is 11.3 Å². The van der Waals surface area contributed by atoms with Crippen molar-refractivity contribution in [1.29, 1.82) is 5.26 Å². The maximum Gasteiger partial charge on any atom is 0.124 e. The van der Waals surface area contributed by atoms with E-state index in [0.717, 1.165) is 66.6 Å². The van der Waals surface area contributed by atoms with Crippen LogP contribution in [0.2, 0.25) is 0 Å². The lowest BCUT2D eigenvalue weighted by Crippen LogP contribution is -2.27. The lowest BCUT2D eigenvalue weighted by atomic mass is 9.98. The van der Waals surface area contributed by atoms with E-state index in [-0.39, 0.29) is 0 Å². The molecule has 1 heterocycles. The summed E-state index contributed by atoms with van der Waals surface area (Å²) in [6.07, 6.45) is 9.79. The van der Waals surface area contributed by atoms with Crippen molar-refractivity contribution in [3.8, 4) is 17.2 Å². The first kappa shape index (κ1) is 25.0. The third kappa shape index (κ3) is 6.45. The normalized spacial score (nSPS) is 13.3. The molecule has 176 valence electrons. The molecule has 0 aromatic heterocycles. The number of hydrogen-bond donors (Lipinski definition) is 1. The van der Waals surface area contributed by atoms with Gasteiger partial charge in [0.25, 0.3) is 0 Å². The van der Waals surface area contributed by atoms with Gasteiger partial charge in [-0.1, -0.05) is 56.3 Å². The first-order chi connectivity index (χ1) is 16.6. The van der Waals surface area contributed by atoms with Crippen molar-refractivity contribution in [2.24, 2.45) is 10.7 Å². The maximum atomic E-state index is 10.8. The number of unbranched alkanes of at least 4 members (excludes halogenated alkanes) is 1. The molecule has 3 rings (SSSR count). The number of rotatable bonds is 11. The van der Waals surface area contributed by atoms with E-state index in [9.17, 15) is 4.79 Å². The lowest BCUT2D eigenvalue weighted by Gasteiger charge is -2.29. The lowest BCUT2D eigenvalue weighted by molar-refractivity contribution is -0.107. The monoisotopic (exact) mass is 454 g/mol. The Kier molecular flexibility index (Phi) is 9.22. The maximum absolute atomic E-state index is 10.8. The molecule has 2 aromatic carbocycles. The van der Waals surface area contributed by atoms with Gasteiger partial charge in [-0.05, 0) is 53.7 Å². The van der Waals surface area contributed by atoms with Gasteiger partial charge in [0, 0.05) is 43.6 Å². The number of amidine groups is 1. The summed E-state index contributed by atoms with van der Waals surface area (Å²) < 4.78 is 0. The van der Waals surface area contributed by atoms with E-state index >= 15 is 0 Å².